The molecule has 0 N–H and O–H groups in total. The normalized spacial score (nSPS) is 15.6. The highest BCUT2D eigenvalue weighted by atomic mass is 32.1. The number of hydrogen-bond donors (Lipinski definition) is 0. The monoisotopic (exact) mass is 370 g/mol. The van der Waals surface area contributed by atoms with Crippen molar-refractivity contribution < 1.29 is 4.79 Å². The fourth-order valence-electron chi connectivity index (χ4n) is 3.52. The first kappa shape index (κ1) is 17.0. The zero-order valence-corrected chi connectivity index (χ0v) is 16.0. The van der Waals surface area contributed by atoms with Crippen LogP contribution in [0.25, 0.3) is 10.2 Å². The molecule has 0 radical (unpaired) electrons. The molecule has 0 spiro atoms. The first-order valence-electron chi connectivity index (χ1n) is 8.75. The maximum Gasteiger partial charge on any atom is 0.274 e. The zero-order chi connectivity index (χ0) is 18.3. The van der Waals surface area contributed by atoms with Crippen LogP contribution >= 0.6 is 11.3 Å². The van der Waals surface area contributed by atoms with Crippen molar-refractivity contribution in [3.8, 4) is 0 Å². The predicted octanol–water partition coefficient (Wildman–Crippen LogP) is 2.47. The van der Waals surface area contributed by atoms with E-state index in [1.165, 1.54) is 5.56 Å². The number of hydrogen-bond acceptors (Lipinski definition) is 6. The van der Waals surface area contributed by atoms with E-state index in [1.54, 1.807) is 34.6 Å². The maximum atomic E-state index is 12.6. The van der Waals surface area contributed by atoms with Gasteiger partial charge < -0.3 is 9.80 Å². The smallest absolute Gasteiger partial charge is 0.274 e. The van der Waals surface area contributed by atoms with Gasteiger partial charge in [-0.05, 0) is 36.8 Å². The van der Waals surface area contributed by atoms with Gasteiger partial charge in [0, 0.05) is 39.4 Å². The second-order valence-corrected chi connectivity index (χ2v) is 7.68. The van der Waals surface area contributed by atoms with Crippen molar-refractivity contribution >= 4 is 33.3 Å². The number of rotatable bonds is 3. The van der Waals surface area contributed by atoms with Crippen LogP contribution in [0.3, 0.4) is 0 Å². The van der Waals surface area contributed by atoms with E-state index in [2.05, 4.69) is 32.3 Å². The van der Waals surface area contributed by atoms with Gasteiger partial charge in [-0.25, -0.2) is 9.97 Å². The van der Waals surface area contributed by atoms with E-state index in [9.17, 15) is 4.79 Å². The second-order valence-electron chi connectivity index (χ2n) is 6.80. The lowest BCUT2D eigenvalue weighted by atomic mass is 10.0. The molecule has 8 heteroatoms. The van der Waals surface area contributed by atoms with Gasteiger partial charge >= 0.3 is 0 Å². The Hall–Kier alpha value is -2.48. The lowest BCUT2D eigenvalue weighted by Crippen LogP contribution is -2.46. The van der Waals surface area contributed by atoms with Crippen LogP contribution in [0, 0.1) is 6.92 Å². The Kier molecular flexibility index (Phi) is 4.36. The molecule has 1 aliphatic rings. The minimum atomic E-state index is -0.0117. The standard InChI is InChI=1S/C18H22N6OS/c1-12-10-26-16-15(12)19-11-20-17(16)24-8-4-13(5-9-24)23(3)18(25)14-6-7-22(2)21-14/h6-7,10-11,13H,4-5,8-9H2,1-3H3. The first-order chi connectivity index (χ1) is 12.5. The summed E-state index contributed by atoms with van der Waals surface area (Å²) in [6.07, 6.45) is 5.29. The highest BCUT2D eigenvalue weighted by molar-refractivity contribution is 7.18. The number of nitrogens with zero attached hydrogens (tertiary/aromatic N) is 6. The van der Waals surface area contributed by atoms with Crippen LogP contribution in [-0.4, -0.2) is 56.7 Å². The molecule has 7 nitrogen and oxygen atoms in total. The minimum absolute atomic E-state index is 0.0117. The molecule has 4 rings (SSSR count). The number of carbonyl (C=O) groups is 1. The molecular weight excluding hydrogens is 348 g/mol. The summed E-state index contributed by atoms with van der Waals surface area (Å²) in [7, 11) is 3.70. The molecule has 0 unspecified atom stereocenters. The number of carbonyl (C=O) groups excluding carboxylic acids is 1. The van der Waals surface area contributed by atoms with Crippen molar-refractivity contribution in [2.75, 3.05) is 25.0 Å². The van der Waals surface area contributed by atoms with Crippen molar-refractivity contribution in [1.29, 1.82) is 0 Å². The molecule has 1 saturated heterocycles. The quantitative estimate of drug-likeness (QED) is 0.709. The number of piperidine rings is 1. The molecule has 4 heterocycles. The molecule has 0 atom stereocenters. The van der Waals surface area contributed by atoms with Crippen LogP contribution in [-0.2, 0) is 7.05 Å². The van der Waals surface area contributed by atoms with Crippen molar-refractivity contribution in [3.05, 3.63) is 35.2 Å². The van der Waals surface area contributed by atoms with Crippen molar-refractivity contribution in [2.24, 2.45) is 7.05 Å². The van der Waals surface area contributed by atoms with Crippen molar-refractivity contribution in [3.63, 3.8) is 0 Å². The van der Waals surface area contributed by atoms with Gasteiger partial charge in [0.1, 0.15) is 17.8 Å². The van der Waals surface area contributed by atoms with Crippen LogP contribution in [0.15, 0.2) is 24.0 Å². The summed E-state index contributed by atoms with van der Waals surface area (Å²) >= 11 is 1.70. The molecular formula is C18H22N6OS. The Balaban J connectivity index is 1.46. The minimum Gasteiger partial charge on any atom is -0.355 e. The van der Waals surface area contributed by atoms with Crippen molar-refractivity contribution in [2.45, 2.75) is 25.8 Å². The summed E-state index contributed by atoms with van der Waals surface area (Å²) in [4.78, 5) is 25.7. The number of anilines is 1. The van der Waals surface area contributed by atoms with Gasteiger partial charge in [0.25, 0.3) is 5.91 Å². The van der Waals surface area contributed by atoms with E-state index in [0.29, 0.717) is 5.69 Å². The van der Waals surface area contributed by atoms with Gasteiger partial charge in [0.05, 0.1) is 10.2 Å². The molecule has 136 valence electrons. The molecule has 26 heavy (non-hydrogen) atoms. The maximum absolute atomic E-state index is 12.6. The fraction of sp³-hybridized carbons (Fsp3) is 0.444. The van der Waals surface area contributed by atoms with E-state index in [1.807, 2.05) is 19.0 Å². The highest BCUT2D eigenvalue weighted by Crippen LogP contribution is 2.32. The molecule has 1 fully saturated rings. The molecule has 0 aliphatic carbocycles. The third-order valence-corrected chi connectivity index (χ3v) is 6.16. The van der Waals surface area contributed by atoms with Gasteiger partial charge in [0.2, 0.25) is 0 Å². The van der Waals surface area contributed by atoms with E-state index >= 15 is 0 Å². The zero-order valence-electron chi connectivity index (χ0n) is 15.2. The average Bonchev–Trinajstić information content (AvgIpc) is 3.27. The third kappa shape index (κ3) is 2.94. The molecule has 3 aromatic rings. The number of fused-ring (bicyclic) bond motifs is 1. The third-order valence-electron chi connectivity index (χ3n) is 5.08. The summed E-state index contributed by atoms with van der Waals surface area (Å²) in [6.45, 7) is 3.85. The first-order valence-corrected chi connectivity index (χ1v) is 9.63. The van der Waals surface area contributed by atoms with Crippen molar-refractivity contribution in [1.82, 2.24) is 24.6 Å². The Bertz CT molecular complexity index is 940. The number of aromatic nitrogens is 4. The molecule has 1 amide bonds. The largest absolute Gasteiger partial charge is 0.355 e. The van der Waals surface area contributed by atoms with E-state index in [0.717, 1.165) is 42.0 Å². The second kappa shape index (κ2) is 6.68. The predicted molar refractivity (Wildman–Crippen MR) is 103 cm³/mol. The summed E-state index contributed by atoms with van der Waals surface area (Å²) in [5.74, 6) is 1.01. The molecule has 1 aliphatic heterocycles. The van der Waals surface area contributed by atoms with Crippen LogP contribution < -0.4 is 4.90 Å². The summed E-state index contributed by atoms with van der Waals surface area (Å²) in [5.41, 5.74) is 2.75. The lowest BCUT2D eigenvalue weighted by Gasteiger charge is -2.37. The SMILES string of the molecule is Cc1csc2c(N3CCC(N(C)C(=O)c4ccn(C)n4)CC3)ncnc12. The van der Waals surface area contributed by atoms with Crippen LogP contribution in [0.4, 0.5) is 5.82 Å². The summed E-state index contributed by atoms with van der Waals surface area (Å²) in [6, 6.07) is 1.99. The Morgan fingerprint density at radius 1 is 1.31 bits per heavy atom. The van der Waals surface area contributed by atoms with Crippen LogP contribution in [0.2, 0.25) is 0 Å². The Morgan fingerprint density at radius 2 is 2.08 bits per heavy atom. The summed E-state index contributed by atoms with van der Waals surface area (Å²) < 4.78 is 2.81. The van der Waals surface area contributed by atoms with Crippen LogP contribution in [0.5, 0.6) is 0 Å². The van der Waals surface area contributed by atoms with Gasteiger partial charge in [-0.1, -0.05) is 0 Å². The Labute approximate surface area is 156 Å². The van der Waals surface area contributed by atoms with E-state index in [4.69, 9.17) is 0 Å². The van der Waals surface area contributed by atoms with Gasteiger partial charge in [-0.2, -0.15) is 5.10 Å². The summed E-state index contributed by atoms with van der Waals surface area (Å²) in [5, 5.41) is 6.36. The molecule has 0 saturated carbocycles. The Morgan fingerprint density at radius 3 is 2.77 bits per heavy atom. The van der Waals surface area contributed by atoms with Gasteiger partial charge in [-0.15, -0.1) is 11.3 Å². The van der Waals surface area contributed by atoms with Gasteiger partial charge in [0.15, 0.2) is 0 Å². The molecule has 3 aromatic heterocycles. The topological polar surface area (TPSA) is 67.2 Å². The van der Waals surface area contributed by atoms with E-state index in [-0.39, 0.29) is 11.9 Å². The lowest BCUT2D eigenvalue weighted by molar-refractivity contribution is 0.0702. The fourth-order valence-corrected chi connectivity index (χ4v) is 4.54. The number of amides is 1. The number of thiophene rings is 1. The number of aryl methyl sites for hydroxylation is 2. The van der Waals surface area contributed by atoms with E-state index < -0.39 is 0 Å². The van der Waals surface area contributed by atoms with Crippen LogP contribution in [0.1, 0.15) is 28.9 Å². The molecule has 0 aromatic carbocycles. The average molecular weight is 370 g/mol. The highest BCUT2D eigenvalue weighted by Gasteiger charge is 2.28. The molecule has 0 bridgehead atoms. The van der Waals surface area contributed by atoms with Gasteiger partial charge in [-0.3, -0.25) is 9.48 Å².